The van der Waals surface area contributed by atoms with Crippen molar-refractivity contribution in [2.75, 3.05) is 20.3 Å². The molecule has 1 rings (SSSR count). The van der Waals surface area contributed by atoms with Crippen molar-refractivity contribution in [1.82, 2.24) is 10.9 Å². The van der Waals surface area contributed by atoms with Gasteiger partial charge in [0, 0.05) is 6.92 Å². The maximum absolute atomic E-state index is 12.1. The highest BCUT2D eigenvalue weighted by Crippen LogP contribution is 2.36. The van der Waals surface area contributed by atoms with Gasteiger partial charge in [0.1, 0.15) is 0 Å². The molecule has 0 aliphatic rings. The fourth-order valence-electron chi connectivity index (χ4n) is 1.78. The summed E-state index contributed by atoms with van der Waals surface area (Å²) in [5.41, 5.74) is 4.27. The van der Waals surface area contributed by atoms with E-state index in [1.54, 1.807) is 0 Å². The number of hydrazine groups is 1. The van der Waals surface area contributed by atoms with Crippen LogP contribution in [0.5, 0.6) is 11.5 Å². The molecular weight excluding hydrogens is 364 g/mol. The van der Waals surface area contributed by atoms with E-state index in [4.69, 9.17) is 25.8 Å². The van der Waals surface area contributed by atoms with Gasteiger partial charge < -0.3 is 14.2 Å². The number of hydrogen-bond donors (Lipinski definition) is 2. The lowest BCUT2D eigenvalue weighted by molar-refractivity contribution is -0.129. The molecule has 0 aromatic heterocycles. The molecule has 0 bridgehead atoms. The van der Waals surface area contributed by atoms with Crippen LogP contribution in [0.25, 0.3) is 0 Å². The molecular formula is C17H23ClN2O6. The van der Waals surface area contributed by atoms with E-state index in [0.29, 0.717) is 18.3 Å². The third-order valence-corrected chi connectivity index (χ3v) is 3.40. The number of ether oxygens (including phenoxy) is 3. The quantitative estimate of drug-likeness (QED) is 0.524. The molecule has 0 heterocycles. The molecule has 0 unspecified atom stereocenters. The molecule has 1 aromatic rings. The van der Waals surface area contributed by atoms with Crippen molar-refractivity contribution in [3.63, 3.8) is 0 Å². The summed E-state index contributed by atoms with van der Waals surface area (Å²) in [7, 11) is 1.43. The summed E-state index contributed by atoms with van der Waals surface area (Å²) in [6.07, 6.45) is 0.840. The van der Waals surface area contributed by atoms with Crippen LogP contribution < -0.4 is 20.3 Å². The van der Waals surface area contributed by atoms with Gasteiger partial charge in [-0.3, -0.25) is 20.4 Å². The molecule has 26 heavy (non-hydrogen) atoms. The van der Waals surface area contributed by atoms with Gasteiger partial charge in [-0.25, -0.2) is 4.79 Å². The maximum Gasteiger partial charge on any atom is 0.338 e. The minimum absolute atomic E-state index is 0.107. The van der Waals surface area contributed by atoms with Crippen molar-refractivity contribution in [2.24, 2.45) is 5.92 Å². The zero-order chi connectivity index (χ0) is 19.7. The van der Waals surface area contributed by atoms with Gasteiger partial charge in [0.05, 0.1) is 24.3 Å². The molecule has 0 aliphatic heterocycles. The topological polar surface area (TPSA) is 103 Å². The Morgan fingerprint density at radius 3 is 2.46 bits per heavy atom. The van der Waals surface area contributed by atoms with Crippen molar-refractivity contribution in [3.05, 3.63) is 22.7 Å². The van der Waals surface area contributed by atoms with Crippen LogP contribution in [0.2, 0.25) is 5.02 Å². The number of amides is 2. The Morgan fingerprint density at radius 1 is 1.19 bits per heavy atom. The van der Waals surface area contributed by atoms with E-state index < -0.39 is 24.4 Å². The first-order valence-electron chi connectivity index (χ1n) is 7.97. The van der Waals surface area contributed by atoms with Crippen molar-refractivity contribution < 1.29 is 28.6 Å². The highest BCUT2D eigenvalue weighted by Gasteiger charge is 2.18. The van der Waals surface area contributed by atoms with Gasteiger partial charge in [0.2, 0.25) is 5.91 Å². The third-order valence-electron chi connectivity index (χ3n) is 3.12. The van der Waals surface area contributed by atoms with Crippen LogP contribution in [-0.2, 0) is 14.3 Å². The normalized spacial score (nSPS) is 10.2. The molecule has 0 fully saturated rings. The molecule has 2 amide bonds. The molecule has 0 saturated carbocycles. The summed E-state index contributed by atoms with van der Waals surface area (Å²) in [5, 5.41) is 0.197. The number of nitrogens with one attached hydrogen (secondary N) is 2. The Bertz CT molecular complexity index is 663. The fourth-order valence-corrected chi connectivity index (χ4v) is 2.05. The molecule has 144 valence electrons. The van der Waals surface area contributed by atoms with Gasteiger partial charge in [-0.2, -0.15) is 0 Å². The lowest BCUT2D eigenvalue weighted by Gasteiger charge is -2.14. The first-order valence-corrected chi connectivity index (χ1v) is 8.35. The van der Waals surface area contributed by atoms with Crippen LogP contribution >= 0.6 is 11.6 Å². The Hall–Kier alpha value is -2.48. The second-order valence-electron chi connectivity index (χ2n) is 5.83. The molecule has 9 heteroatoms. The number of halogens is 1. The van der Waals surface area contributed by atoms with E-state index in [1.165, 1.54) is 26.2 Å². The van der Waals surface area contributed by atoms with Gasteiger partial charge in [0.15, 0.2) is 18.1 Å². The van der Waals surface area contributed by atoms with Crippen LogP contribution in [0.4, 0.5) is 0 Å². The molecule has 0 aliphatic carbocycles. The van der Waals surface area contributed by atoms with E-state index >= 15 is 0 Å². The molecule has 0 saturated heterocycles. The minimum Gasteiger partial charge on any atom is -0.493 e. The average molecular weight is 387 g/mol. The van der Waals surface area contributed by atoms with Crippen molar-refractivity contribution >= 4 is 29.4 Å². The summed E-state index contributed by atoms with van der Waals surface area (Å²) >= 11 is 6.18. The summed E-state index contributed by atoms with van der Waals surface area (Å²) in [5.74, 6) is -0.797. The number of esters is 1. The van der Waals surface area contributed by atoms with Gasteiger partial charge >= 0.3 is 5.97 Å². The second kappa shape index (κ2) is 10.5. The van der Waals surface area contributed by atoms with Gasteiger partial charge in [-0.15, -0.1) is 0 Å². The summed E-state index contributed by atoms with van der Waals surface area (Å²) in [6.45, 7) is 5.27. The van der Waals surface area contributed by atoms with Crippen molar-refractivity contribution in [1.29, 1.82) is 0 Å². The zero-order valence-corrected chi connectivity index (χ0v) is 15.9. The smallest absolute Gasteiger partial charge is 0.338 e. The predicted molar refractivity (Wildman–Crippen MR) is 95.2 cm³/mol. The molecule has 8 nitrogen and oxygen atoms in total. The van der Waals surface area contributed by atoms with E-state index in [1.807, 2.05) is 0 Å². The number of carbonyl (C=O) groups excluding carboxylic acids is 3. The van der Waals surface area contributed by atoms with E-state index in [-0.39, 0.29) is 16.3 Å². The number of hydrogen-bond acceptors (Lipinski definition) is 6. The maximum atomic E-state index is 12.1. The van der Waals surface area contributed by atoms with Crippen molar-refractivity contribution in [2.45, 2.75) is 27.2 Å². The fraction of sp³-hybridized carbons (Fsp3) is 0.471. The zero-order valence-electron chi connectivity index (χ0n) is 15.2. The summed E-state index contributed by atoms with van der Waals surface area (Å²) < 4.78 is 15.7. The van der Waals surface area contributed by atoms with Crippen LogP contribution in [0.3, 0.4) is 0 Å². The van der Waals surface area contributed by atoms with Crippen LogP contribution in [0.1, 0.15) is 37.6 Å². The Morgan fingerprint density at radius 2 is 1.88 bits per heavy atom. The molecule has 2 N–H and O–H groups in total. The Balaban J connectivity index is 2.74. The summed E-state index contributed by atoms with van der Waals surface area (Å²) in [4.78, 5) is 34.2. The lowest BCUT2D eigenvalue weighted by atomic mass is 10.1. The van der Waals surface area contributed by atoms with E-state index in [9.17, 15) is 14.4 Å². The van der Waals surface area contributed by atoms with Gasteiger partial charge in [-0.1, -0.05) is 25.4 Å². The Labute approximate surface area is 157 Å². The SMILES string of the molecule is COc1cc(C(=O)OCC(=O)NNC(C)=O)cc(Cl)c1OCCC(C)C. The van der Waals surface area contributed by atoms with Crippen LogP contribution in [0.15, 0.2) is 12.1 Å². The van der Waals surface area contributed by atoms with E-state index in [2.05, 4.69) is 24.7 Å². The number of methoxy groups -OCH3 is 1. The summed E-state index contributed by atoms with van der Waals surface area (Å²) in [6, 6.07) is 2.80. The van der Waals surface area contributed by atoms with Crippen LogP contribution in [-0.4, -0.2) is 38.1 Å². The van der Waals surface area contributed by atoms with Gasteiger partial charge in [0.25, 0.3) is 5.91 Å². The number of benzene rings is 1. The van der Waals surface area contributed by atoms with E-state index in [0.717, 1.165) is 6.42 Å². The largest absolute Gasteiger partial charge is 0.493 e. The molecule has 0 spiro atoms. The highest BCUT2D eigenvalue weighted by atomic mass is 35.5. The molecule has 0 radical (unpaired) electrons. The first kappa shape index (κ1) is 21.6. The third kappa shape index (κ3) is 7.18. The predicted octanol–water partition coefficient (Wildman–Crippen LogP) is 2.10. The minimum atomic E-state index is -0.767. The van der Waals surface area contributed by atoms with Crippen molar-refractivity contribution in [3.8, 4) is 11.5 Å². The van der Waals surface area contributed by atoms with Gasteiger partial charge in [-0.05, 0) is 24.5 Å². The monoisotopic (exact) mass is 386 g/mol. The number of rotatable bonds is 8. The standard InChI is InChI=1S/C17H23ClN2O6/c1-10(2)5-6-25-16-13(18)7-12(8-14(16)24-4)17(23)26-9-15(22)20-19-11(3)21/h7-8,10H,5-6,9H2,1-4H3,(H,19,21)(H,20,22). The Kier molecular flexibility index (Phi) is 8.71. The second-order valence-corrected chi connectivity index (χ2v) is 6.23. The molecule has 1 aromatic carbocycles. The van der Waals surface area contributed by atoms with Crippen LogP contribution in [0, 0.1) is 5.92 Å². The highest BCUT2D eigenvalue weighted by molar-refractivity contribution is 6.32. The lowest BCUT2D eigenvalue weighted by Crippen LogP contribution is -2.42. The first-order chi connectivity index (χ1) is 12.2. The molecule has 0 atom stereocenters. The number of carbonyl (C=O) groups is 3. The average Bonchev–Trinajstić information content (AvgIpc) is 2.58.